The van der Waals surface area contributed by atoms with Crippen molar-refractivity contribution in [2.45, 2.75) is 70.4 Å². The van der Waals surface area contributed by atoms with Crippen molar-refractivity contribution in [3.8, 4) is 0 Å². The second-order valence-electron chi connectivity index (χ2n) is 7.56. The van der Waals surface area contributed by atoms with Crippen molar-refractivity contribution in [3.63, 3.8) is 0 Å². The zero-order valence-electron chi connectivity index (χ0n) is 17.1. The van der Waals surface area contributed by atoms with Crippen LogP contribution in [0.15, 0.2) is 30.3 Å². The van der Waals surface area contributed by atoms with E-state index in [0.717, 1.165) is 24.9 Å². The molecule has 0 radical (unpaired) electrons. The minimum atomic E-state index is -1.33. The van der Waals surface area contributed by atoms with Crippen molar-refractivity contribution >= 4 is 17.7 Å². The molecule has 1 aromatic carbocycles. The number of hydrogen-bond acceptors (Lipinski definition) is 5. The molecule has 1 saturated carbocycles. The number of aliphatic hydroxyl groups excluding tert-OH is 1. The van der Waals surface area contributed by atoms with Crippen molar-refractivity contribution < 1.29 is 35.0 Å². The molecule has 0 aromatic heterocycles. The summed E-state index contributed by atoms with van der Waals surface area (Å²) in [4.78, 5) is 31.3. The van der Waals surface area contributed by atoms with Crippen LogP contribution < -0.4 is 10.4 Å². The molecule has 1 fully saturated rings. The van der Waals surface area contributed by atoms with E-state index >= 15 is 0 Å². The van der Waals surface area contributed by atoms with E-state index in [1.807, 2.05) is 37.3 Å². The third-order valence-corrected chi connectivity index (χ3v) is 5.17. The fourth-order valence-corrected chi connectivity index (χ4v) is 3.41. The van der Waals surface area contributed by atoms with Gasteiger partial charge in [-0.3, -0.25) is 9.59 Å². The average Bonchev–Trinajstić information content (AvgIpc) is 2.73. The van der Waals surface area contributed by atoms with Crippen LogP contribution in [0.1, 0.15) is 70.0 Å². The van der Waals surface area contributed by atoms with Crippen molar-refractivity contribution in [2.75, 3.05) is 6.54 Å². The third kappa shape index (κ3) is 10.8. The highest BCUT2D eigenvalue weighted by Crippen LogP contribution is 2.24. The molecule has 29 heavy (non-hydrogen) atoms. The number of benzene rings is 1. The van der Waals surface area contributed by atoms with E-state index in [9.17, 15) is 24.6 Å². The lowest BCUT2D eigenvalue weighted by Crippen LogP contribution is -2.90. The van der Waals surface area contributed by atoms with Crippen molar-refractivity contribution in [2.24, 2.45) is 5.92 Å². The quantitative estimate of drug-likeness (QED) is 0.526. The number of hydrogen-bond donors (Lipinski definition) is 3. The lowest BCUT2D eigenvalue weighted by atomic mass is 9.85. The van der Waals surface area contributed by atoms with Crippen LogP contribution in [-0.2, 0) is 14.4 Å². The molecule has 1 aromatic rings. The number of Topliss-reactive ketones (excluding diaryl/α,β-unsaturated/α-hetero) is 1. The number of aliphatic hydroxyl groups is 1. The lowest BCUT2D eigenvalue weighted by molar-refractivity contribution is -0.693. The molecule has 2 unspecified atom stereocenters. The molecule has 0 amide bonds. The standard InChI is InChI=1S/C18H27NO2.C4H6O4/c1-14(18(21)16-10-6-3-7-11-16)19-13-12-17(20)15-8-4-2-5-9-15;5-3(6)1-2-4(7)8/h3,6-7,10-11,14-15,18-19,21H,2,4-5,8-9,12-13H2,1H3;1-2H2,(H,5,6)(H,7,8). The van der Waals surface area contributed by atoms with Crippen LogP contribution in [0.2, 0.25) is 0 Å². The Morgan fingerprint density at radius 1 is 1.07 bits per heavy atom. The van der Waals surface area contributed by atoms with E-state index in [2.05, 4.69) is 5.32 Å². The van der Waals surface area contributed by atoms with E-state index < -0.39 is 24.5 Å². The van der Waals surface area contributed by atoms with E-state index in [1.54, 1.807) is 0 Å². The number of carboxylic acids is 2. The minimum absolute atomic E-state index is 0.0755. The van der Waals surface area contributed by atoms with Gasteiger partial charge in [0.25, 0.3) is 0 Å². The predicted octanol–water partition coefficient (Wildman–Crippen LogP) is 0.812. The normalized spacial score (nSPS) is 16.2. The van der Waals surface area contributed by atoms with E-state index in [1.165, 1.54) is 19.3 Å². The van der Waals surface area contributed by atoms with Crippen LogP contribution in [0.25, 0.3) is 0 Å². The van der Waals surface area contributed by atoms with Crippen LogP contribution >= 0.6 is 0 Å². The highest BCUT2D eigenvalue weighted by molar-refractivity contribution is 5.81. The Labute approximate surface area is 172 Å². The van der Waals surface area contributed by atoms with Crippen molar-refractivity contribution in [1.82, 2.24) is 0 Å². The van der Waals surface area contributed by atoms with Gasteiger partial charge in [-0.05, 0) is 31.7 Å². The number of rotatable bonds is 10. The van der Waals surface area contributed by atoms with Gasteiger partial charge >= 0.3 is 5.97 Å². The first-order valence-corrected chi connectivity index (χ1v) is 10.3. The molecule has 0 heterocycles. The summed E-state index contributed by atoms with van der Waals surface area (Å²) in [5.74, 6) is -1.71. The Hall–Kier alpha value is -2.25. The maximum atomic E-state index is 12.1. The van der Waals surface area contributed by atoms with Gasteiger partial charge in [0.2, 0.25) is 0 Å². The number of aliphatic carboxylic acids is 2. The zero-order valence-corrected chi connectivity index (χ0v) is 17.1. The molecule has 0 aliphatic heterocycles. The van der Waals surface area contributed by atoms with Crippen LogP contribution in [0.3, 0.4) is 0 Å². The molecule has 4 N–H and O–H groups in total. The van der Waals surface area contributed by atoms with Gasteiger partial charge in [0.1, 0.15) is 17.9 Å². The van der Waals surface area contributed by atoms with Gasteiger partial charge < -0.3 is 25.4 Å². The van der Waals surface area contributed by atoms with Crippen LogP contribution in [-0.4, -0.2) is 40.5 Å². The maximum Gasteiger partial charge on any atom is 0.303 e. The molecule has 2 atom stereocenters. The molecule has 7 nitrogen and oxygen atoms in total. The van der Waals surface area contributed by atoms with E-state index in [4.69, 9.17) is 5.11 Å². The molecule has 1 aliphatic carbocycles. The summed E-state index contributed by atoms with van der Waals surface area (Å²) in [6.07, 6.45) is 5.27. The number of nitrogens with two attached hydrogens (primary N) is 1. The first-order chi connectivity index (χ1) is 13.8. The van der Waals surface area contributed by atoms with Crippen molar-refractivity contribution in [3.05, 3.63) is 35.9 Å². The van der Waals surface area contributed by atoms with Crippen molar-refractivity contribution in [1.29, 1.82) is 0 Å². The number of carbonyl (C=O) groups is 3. The Kier molecular flexibility index (Phi) is 11.8. The molecular weight excluding hydrogens is 374 g/mol. The van der Waals surface area contributed by atoms with Gasteiger partial charge in [-0.15, -0.1) is 0 Å². The van der Waals surface area contributed by atoms with Crippen LogP contribution in [0.4, 0.5) is 0 Å². The highest BCUT2D eigenvalue weighted by atomic mass is 16.4. The molecule has 2 rings (SSSR count). The lowest BCUT2D eigenvalue weighted by Gasteiger charge is -2.21. The largest absolute Gasteiger partial charge is 0.550 e. The second kappa shape index (κ2) is 13.8. The topological polar surface area (TPSA) is 131 Å². The second-order valence-corrected chi connectivity index (χ2v) is 7.56. The number of carbonyl (C=O) groups excluding carboxylic acids is 2. The Morgan fingerprint density at radius 3 is 2.21 bits per heavy atom. The monoisotopic (exact) mass is 407 g/mol. The summed E-state index contributed by atoms with van der Waals surface area (Å²) < 4.78 is 0. The average molecular weight is 408 g/mol. The Morgan fingerprint density at radius 2 is 1.69 bits per heavy atom. The molecular formula is C22H33NO6. The van der Waals surface area contributed by atoms with Gasteiger partial charge in [0, 0.05) is 11.9 Å². The van der Waals surface area contributed by atoms with Crippen LogP contribution in [0.5, 0.6) is 0 Å². The van der Waals surface area contributed by atoms with E-state index in [-0.39, 0.29) is 12.5 Å². The number of ketones is 1. The Balaban J connectivity index is 0.000000447. The third-order valence-electron chi connectivity index (χ3n) is 5.17. The molecule has 0 saturated heterocycles. The first kappa shape index (κ1) is 24.8. The summed E-state index contributed by atoms with van der Waals surface area (Å²) in [5, 5.41) is 29.8. The van der Waals surface area contributed by atoms with Gasteiger partial charge in [-0.25, -0.2) is 0 Å². The Bertz CT molecular complexity index is 613. The molecule has 7 heteroatoms. The molecule has 162 valence electrons. The molecule has 0 spiro atoms. The van der Waals surface area contributed by atoms with Gasteiger partial charge in [0.05, 0.1) is 19.4 Å². The minimum Gasteiger partial charge on any atom is -0.550 e. The van der Waals surface area contributed by atoms with Crippen LogP contribution in [0, 0.1) is 5.92 Å². The molecule has 0 bridgehead atoms. The smallest absolute Gasteiger partial charge is 0.303 e. The first-order valence-electron chi connectivity index (χ1n) is 10.3. The summed E-state index contributed by atoms with van der Waals surface area (Å²) >= 11 is 0. The maximum absolute atomic E-state index is 12.1. The summed E-state index contributed by atoms with van der Waals surface area (Å²) in [6.45, 7) is 2.79. The SMILES string of the molecule is CC([NH2+]CCC(=O)C1CCCCC1)C(O)c1ccccc1.O=C([O-])CCC(=O)O. The van der Waals surface area contributed by atoms with Gasteiger partial charge in [-0.2, -0.15) is 0 Å². The van der Waals surface area contributed by atoms with E-state index in [0.29, 0.717) is 18.1 Å². The highest BCUT2D eigenvalue weighted by Gasteiger charge is 2.23. The molecule has 1 aliphatic rings. The summed E-state index contributed by atoms with van der Waals surface area (Å²) in [5.41, 5.74) is 0.944. The summed E-state index contributed by atoms with van der Waals surface area (Å²) in [7, 11) is 0. The number of carboxylic acid groups (broad SMARTS) is 2. The van der Waals surface area contributed by atoms with Gasteiger partial charge in [-0.1, -0.05) is 49.6 Å². The van der Waals surface area contributed by atoms with Gasteiger partial charge in [0.15, 0.2) is 0 Å². The fraction of sp³-hybridized carbons (Fsp3) is 0.591. The number of quaternary nitrogens is 1. The zero-order chi connectivity index (χ0) is 21.6. The predicted molar refractivity (Wildman–Crippen MR) is 106 cm³/mol. The fourth-order valence-electron chi connectivity index (χ4n) is 3.41. The summed E-state index contributed by atoms with van der Waals surface area (Å²) in [6, 6.07) is 9.81.